The maximum Gasteiger partial charge on any atom is 0.261 e. The zero-order valence-electron chi connectivity index (χ0n) is 11.4. The van der Waals surface area contributed by atoms with Gasteiger partial charge < -0.3 is 20.8 Å². The van der Waals surface area contributed by atoms with Crippen LogP contribution < -0.4 is 10.6 Å². The van der Waals surface area contributed by atoms with E-state index in [2.05, 4.69) is 10.6 Å². The van der Waals surface area contributed by atoms with E-state index >= 15 is 0 Å². The Labute approximate surface area is 121 Å². The maximum atomic E-state index is 11.6. The summed E-state index contributed by atoms with van der Waals surface area (Å²) in [7, 11) is 0. The highest BCUT2D eigenvalue weighted by Crippen LogP contribution is 2.07. The number of hydrogen-bond acceptors (Lipinski definition) is 5. The molecule has 0 aliphatic carbocycles. The number of carbonyl (C=O) groups excluding carboxylic acids is 2. The summed E-state index contributed by atoms with van der Waals surface area (Å²) in [4.78, 5) is 23.7. The number of hydrogen-bond donors (Lipinski definition) is 4. The second-order valence-electron chi connectivity index (χ2n) is 4.77. The lowest BCUT2D eigenvalue weighted by molar-refractivity contribution is -0.122. The van der Waals surface area contributed by atoms with E-state index in [1.165, 1.54) is 18.3 Å². The van der Waals surface area contributed by atoms with Crippen LogP contribution in [0.4, 0.5) is 0 Å². The maximum absolute atomic E-state index is 11.6. The number of amides is 2. The summed E-state index contributed by atoms with van der Waals surface area (Å²) in [6.07, 6.45) is 0.774. The zero-order chi connectivity index (χ0) is 15.0. The lowest BCUT2D eigenvalue weighted by Crippen LogP contribution is -2.43. The first kappa shape index (κ1) is 16.6. The third-order valence-corrected chi connectivity index (χ3v) is 3.49. The van der Waals surface area contributed by atoms with Crippen LogP contribution in [-0.4, -0.2) is 47.3 Å². The Morgan fingerprint density at radius 3 is 2.75 bits per heavy atom. The number of nitrogens with one attached hydrogen (secondary N) is 2. The van der Waals surface area contributed by atoms with Crippen molar-refractivity contribution < 1.29 is 19.8 Å². The van der Waals surface area contributed by atoms with Crippen molar-refractivity contribution in [2.45, 2.75) is 25.4 Å². The molecule has 4 N–H and O–H groups in total. The molecule has 1 atom stereocenters. The first-order chi connectivity index (χ1) is 9.44. The third kappa shape index (κ3) is 6.14. The van der Waals surface area contributed by atoms with Crippen LogP contribution in [0.25, 0.3) is 0 Å². The molecule has 1 heterocycles. The van der Waals surface area contributed by atoms with Crippen LogP contribution in [-0.2, 0) is 4.79 Å². The van der Waals surface area contributed by atoms with Gasteiger partial charge in [-0.15, -0.1) is 11.3 Å². The van der Waals surface area contributed by atoms with Crippen LogP contribution in [0, 0.1) is 0 Å². The minimum Gasteiger partial charge on any atom is -0.393 e. The molecule has 0 saturated heterocycles. The SMILES string of the molecule is CC(O)(CO)CNC(=O)CCCNC(=O)c1cccs1. The van der Waals surface area contributed by atoms with Gasteiger partial charge in [0, 0.05) is 19.5 Å². The monoisotopic (exact) mass is 300 g/mol. The summed E-state index contributed by atoms with van der Waals surface area (Å²) < 4.78 is 0. The van der Waals surface area contributed by atoms with Crippen molar-refractivity contribution in [3.8, 4) is 0 Å². The number of aliphatic hydroxyl groups excluding tert-OH is 1. The lowest BCUT2D eigenvalue weighted by Gasteiger charge is -2.20. The van der Waals surface area contributed by atoms with E-state index in [1.54, 1.807) is 12.1 Å². The fourth-order valence-corrected chi connectivity index (χ4v) is 2.02. The van der Waals surface area contributed by atoms with Crippen LogP contribution >= 0.6 is 11.3 Å². The number of rotatable bonds is 8. The molecular formula is C13H20N2O4S. The van der Waals surface area contributed by atoms with Crippen LogP contribution in [0.5, 0.6) is 0 Å². The van der Waals surface area contributed by atoms with E-state index in [0.29, 0.717) is 17.8 Å². The van der Waals surface area contributed by atoms with Gasteiger partial charge >= 0.3 is 0 Å². The Kier molecular flexibility index (Phi) is 6.63. The Balaban J connectivity index is 2.12. The molecule has 1 unspecified atom stereocenters. The Bertz CT molecular complexity index is 432. The highest BCUT2D eigenvalue weighted by molar-refractivity contribution is 7.12. The predicted molar refractivity (Wildman–Crippen MR) is 76.6 cm³/mol. The molecule has 0 aromatic carbocycles. The fourth-order valence-electron chi connectivity index (χ4n) is 1.38. The molecule has 0 fully saturated rings. The van der Waals surface area contributed by atoms with Gasteiger partial charge in [0.15, 0.2) is 0 Å². The molecule has 2 amide bonds. The topological polar surface area (TPSA) is 98.7 Å². The molecule has 112 valence electrons. The Hall–Kier alpha value is -1.44. The standard InChI is InChI=1S/C13H20N2O4S/c1-13(19,9-16)8-15-11(17)5-2-6-14-12(18)10-4-3-7-20-10/h3-4,7,16,19H,2,5-6,8-9H2,1H3,(H,14,18)(H,15,17). The molecule has 0 bridgehead atoms. The van der Waals surface area contributed by atoms with Crippen molar-refractivity contribution in [2.75, 3.05) is 19.7 Å². The molecule has 1 aromatic heterocycles. The van der Waals surface area contributed by atoms with E-state index in [9.17, 15) is 14.7 Å². The van der Waals surface area contributed by atoms with Crippen LogP contribution in [0.3, 0.4) is 0 Å². The van der Waals surface area contributed by atoms with Gasteiger partial charge in [-0.25, -0.2) is 0 Å². The van der Waals surface area contributed by atoms with E-state index < -0.39 is 12.2 Å². The quantitative estimate of drug-likeness (QED) is 0.512. The molecule has 0 aliphatic rings. The van der Waals surface area contributed by atoms with Crippen LogP contribution in [0.2, 0.25) is 0 Å². The van der Waals surface area contributed by atoms with Gasteiger partial charge in [-0.3, -0.25) is 9.59 Å². The molecule has 7 heteroatoms. The summed E-state index contributed by atoms with van der Waals surface area (Å²) >= 11 is 1.37. The third-order valence-electron chi connectivity index (χ3n) is 2.62. The first-order valence-corrected chi connectivity index (χ1v) is 7.24. The molecule has 0 saturated carbocycles. The first-order valence-electron chi connectivity index (χ1n) is 6.36. The summed E-state index contributed by atoms with van der Waals surface area (Å²) in [6.45, 7) is 1.45. The van der Waals surface area contributed by atoms with E-state index in [4.69, 9.17) is 5.11 Å². The van der Waals surface area contributed by atoms with E-state index in [-0.39, 0.29) is 24.8 Å². The van der Waals surface area contributed by atoms with Crippen molar-refractivity contribution in [1.29, 1.82) is 0 Å². The summed E-state index contributed by atoms with van der Waals surface area (Å²) in [6, 6.07) is 3.55. The summed E-state index contributed by atoms with van der Waals surface area (Å²) in [5.74, 6) is -0.354. The van der Waals surface area contributed by atoms with Gasteiger partial charge in [0.25, 0.3) is 5.91 Å². The van der Waals surface area contributed by atoms with Crippen molar-refractivity contribution in [3.63, 3.8) is 0 Å². The van der Waals surface area contributed by atoms with Gasteiger partial charge in [0.2, 0.25) is 5.91 Å². The van der Waals surface area contributed by atoms with Gasteiger partial charge in [-0.05, 0) is 24.8 Å². The van der Waals surface area contributed by atoms with Gasteiger partial charge in [0.1, 0.15) is 5.60 Å². The van der Waals surface area contributed by atoms with Crippen molar-refractivity contribution in [3.05, 3.63) is 22.4 Å². The fraction of sp³-hybridized carbons (Fsp3) is 0.538. The largest absolute Gasteiger partial charge is 0.393 e. The smallest absolute Gasteiger partial charge is 0.261 e. The highest BCUT2D eigenvalue weighted by atomic mass is 32.1. The Morgan fingerprint density at radius 1 is 1.40 bits per heavy atom. The van der Waals surface area contributed by atoms with E-state index in [0.717, 1.165) is 0 Å². The van der Waals surface area contributed by atoms with Crippen molar-refractivity contribution in [1.82, 2.24) is 10.6 Å². The zero-order valence-corrected chi connectivity index (χ0v) is 12.2. The average Bonchev–Trinajstić information content (AvgIpc) is 2.95. The van der Waals surface area contributed by atoms with Gasteiger partial charge in [0.05, 0.1) is 11.5 Å². The molecule has 1 aromatic rings. The van der Waals surface area contributed by atoms with E-state index in [1.807, 2.05) is 5.38 Å². The Morgan fingerprint density at radius 2 is 2.15 bits per heavy atom. The molecular weight excluding hydrogens is 280 g/mol. The minimum absolute atomic E-state index is 0.00386. The second-order valence-corrected chi connectivity index (χ2v) is 5.72. The lowest BCUT2D eigenvalue weighted by atomic mass is 10.1. The number of carbonyl (C=O) groups is 2. The van der Waals surface area contributed by atoms with Crippen molar-refractivity contribution in [2.24, 2.45) is 0 Å². The second kappa shape index (κ2) is 7.98. The predicted octanol–water partition coefficient (Wildman–Crippen LogP) is 0.118. The molecule has 1 rings (SSSR count). The molecule has 0 spiro atoms. The summed E-state index contributed by atoms with van der Waals surface area (Å²) in [5.41, 5.74) is -1.30. The van der Waals surface area contributed by atoms with Gasteiger partial charge in [-0.1, -0.05) is 6.07 Å². The van der Waals surface area contributed by atoms with Gasteiger partial charge in [-0.2, -0.15) is 0 Å². The number of aliphatic hydroxyl groups is 2. The normalized spacial score (nSPS) is 13.6. The van der Waals surface area contributed by atoms with Crippen LogP contribution in [0.15, 0.2) is 17.5 Å². The van der Waals surface area contributed by atoms with Crippen molar-refractivity contribution >= 4 is 23.2 Å². The molecule has 6 nitrogen and oxygen atoms in total. The van der Waals surface area contributed by atoms with Crippen LogP contribution in [0.1, 0.15) is 29.4 Å². The number of thiophene rings is 1. The summed E-state index contributed by atoms with van der Waals surface area (Å²) in [5, 5.41) is 25.4. The molecule has 0 radical (unpaired) electrons. The minimum atomic E-state index is -1.30. The molecule has 20 heavy (non-hydrogen) atoms. The molecule has 0 aliphatic heterocycles. The average molecular weight is 300 g/mol. The highest BCUT2D eigenvalue weighted by Gasteiger charge is 2.19.